The molecule has 2 N–H and O–H groups in total. The predicted octanol–water partition coefficient (Wildman–Crippen LogP) is 4.68. The number of hydrogen-bond donors (Lipinski definition) is 2. The minimum atomic E-state index is -4.38. The number of aromatic nitrogens is 1. The summed E-state index contributed by atoms with van der Waals surface area (Å²) in [6.45, 7) is 1.65. The molecule has 0 aliphatic carbocycles. The molecule has 0 spiro atoms. The zero-order valence-corrected chi connectivity index (χ0v) is 15.7. The van der Waals surface area contributed by atoms with Crippen LogP contribution in [0.5, 0.6) is 5.75 Å². The van der Waals surface area contributed by atoms with E-state index in [0.29, 0.717) is 17.0 Å². The van der Waals surface area contributed by atoms with Crippen LogP contribution in [0, 0.1) is 6.92 Å². The van der Waals surface area contributed by atoms with Gasteiger partial charge in [0, 0.05) is 30.4 Å². The van der Waals surface area contributed by atoms with Crippen molar-refractivity contribution in [3.63, 3.8) is 0 Å². The van der Waals surface area contributed by atoms with Gasteiger partial charge in [-0.05, 0) is 24.1 Å². The van der Waals surface area contributed by atoms with Crippen LogP contribution >= 0.6 is 0 Å². The van der Waals surface area contributed by atoms with Gasteiger partial charge in [0.15, 0.2) is 0 Å². The molecule has 0 aliphatic rings. The lowest BCUT2D eigenvalue weighted by Crippen LogP contribution is -2.46. The van der Waals surface area contributed by atoms with Crippen molar-refractivity contribution in [3.8, 4) is 5.75 Å². The Morgan fingerprint density at radius 3 is 2.50 bits per heavy atom. The number of pyridine rings is 1. The minimum absolute atomic E-state index is 0.136. The molecular weight excluding hydrogens is 367 g/mol. The zero-order valence-electron chi connectivity index (χ0n) is 15.7. The normalized spacial score (nSPS) is 12.8. The summed E-state index contributed by atoms with van der Waals surface area (Å²) in [7, 11) is 1.54. The van der Waals surface area contributed by atoms with E-state index in [1.54, 1.807) is 42.6 Å². The molecular formula is C21H22F3N3O. The molecule has 7 heteroatoms. The first-order chi connectivity index (χ1) is 13.4. The number of nitrogens with zero attached hydrogens (tertiary/aromatic N) is 1. The Labute approximate surface area is 161 Å². The van der Waals surface area contributed by atoms with Gasteiger partial charge < -0.3 is 15.4 Å². The molecule has 3 rings (SSSR count). The highest BCUT2D eigenvalue weighted by Gasteiger charge is 2.39. The largest absolute Gasteiger partial charge is 0.494 e. The van der Waals surface area contributed by atoms with Crippen molar-refractivity contribution in [3.05, 3.63) is 65.9 Å². The average Bonchev–Trinajstić information content (AvgIpc) is 2.68. The highest BCUT2D eigenvalue weighted by atomic mass is 19.4. The van der Waals surface area contributed by atoms with Crippen molar-refractivity contribution < 1.29 is 17.9 Å². The number of methoxy groups -OCH3 is 1. The topological polar surface area (TPSA) is 46.2 Å². The van der Waals surface area contributed by atoms with Gasteiger partial charge in [-0.3, -0.25) is 4.98 Å². The third-order valence-corrected chi connectivity index (χ3v) is 4.54. The number of benzene rings is 2. The van der Waals surface area contributed by atoms with Crippen LogP contribution in [0.4, 0.5) is 18.9 Å². The van der Waals surface area contributed by atoms with Crippen molar-refractivity contribution in [1.29, 1.82) is 0 Å². The number of anilines is 1. The number of rotatable bonds is 7. The SMILES string of the molecule is COc1cccc2c(NCC(NCc3ccccc3)C(F)(F)F)c(C)cnc12. The highest BCUT2D eigenvalue weighted by molar-refractivity contribution is 5.96. The van der Waals surface area contributed by atoms with Gasteiger partial charge in [0.25, 0.3) is 0 Å². The number of hydrogen-bond acceptors (Lipinski definition) is 4. The van der Waals surface area contributed by atoms with Crippen LogP contribution in [0.3, 0.4) is 0 Å². The van der Waals surface area contributed by atoms with Gasteiger partial charge in [-0.25, -0.2) is 0 Å². The molecule has 1 heterocycles. The van der Waals surface area contributed by atoms with Gasteiger partial charge in [0.05, 0.1) is 7.11 Å². The van der Waals surface area contributed by atoms with Crippen molar-refractivity contribution in [2.75, 3.05) is 19.0 Å². The van der Waals surface area contributed by atoms with Crippen LogP contribution in [0.2, 0.25) is 0 Å². The van der Waals surface area contributed by atoms with Crippen LogP contribution in [-0.2, 0) is 6.54 Å². The second-order valence-electron chi connectivity index (χ2n) is 6.51. The average molecular weight is 389 g/mol. The predicted molar refractivity (Wildman–Crippen MR) is 105 cm³/mol. The number of ether oxygens (including phenoxy) is 1. The molecule has 4 nitrogen and oxygen atoms in total. The molecule has 148 valence electrons. The standard InChI is InChI=1S/C21H22F3N3O/c1-14-11-26-20-16(9-6-10-17(20)28-2)19(14)27-13-18(21(22,23)24)25-12-15-7-4-3-5-8-15/h3-11,18,25H,12-13H2,1-2H3,(H,26,27). The molecule has 28 heavy (non-hydrogen) atoms. The first-order valence-corrected chi connectivity index (χ1v) is 8.90. The maximum Gasteiger partial charge on any atom is 0.405 e. The third-order valence-electron chi connectivity index (χ3n) is 4.54. The molecule has 1 aromatic heterocycles. The minimum Gasteiger partial charge on any atom is -0.494 e. The number of alkyl halides is 3. The summed E-state index contributed by atoms with van der Waals surface area (Å²) in [5, 5.41) is 6.31. The molecule has 0 aliphatic heterocycles. The number of para-hydroxylation sites is 1. The van der Waals surface area contributed by atoms with E-state index in [2.05, 4.69) is 15.6 Å². The molecule has 0 fully saturated rings. The van der Waals surface area contributed by atoms with Crippen LogP contribution in [0.15, 0.2) is 54.7 Å². The van der Waals surface area contributed by atoms with E-state index in [1.807, 2.05) is 19.1 Å². The number of halogens is 3. The van der Waals surface area contributed by atoms with Gasteiger partial charge in [-0.15, -0.1) is 0 Å². The fraction of sp³-hybridized carbons (Fsp3) is 0.286. The Bertz CT molecular complexity index is 929. The highest BCUT2D eigenvalue weighted by Crippen LogP contribution is 2.31. The molecule has 2 aromatic carbocycles. The van der Waals surface area contributed by atoms with Gasteiger partial charge in [0.1, 0.15) is 17.3 Å². The summed E-state index contributed by atoms with van der Waals surface area (Å²) in [5.41, 5.74) is 2.80. The van der Waals surface area contributed by atoms with Crippen molar-refractivity contribution >= 4 is 16.6 Å². The molecule has 3 aromatic rings. The van der Waals surface area contributed by atoms with Crippen molar-refractivity contribution in [2.24, 2.45) is 0 Å². The Kier molecular flexibility index (Phi) is 6.04. The van der Waals surface area contributed by atoms with Gasteiger partial charge in [0.2, 0.25) is 0 Å². The maximum atomic E-state index is 13.5. The lowest BCUT2D eigenvalue weighted by molar-refractivity contribution is -0.152. The zero-order chi connectivity index (χ0) is 20.1. The first kappa shape index (κ1) is 19.9. The van der Waals surface area contributed by atoms with E-state index in [4.69, 9.17) is 4.74 Å². The molecule has 0 saturated heterocycles. The van der Waals surface area contributed by atoms with E-state index in [9.17, 15) is 13.2 Å². The maximum absolute atomic E-state index is 13.5. The number of fused-ring (bicyclic) bond motifs is 1. The lowest BCUT2D eigenvalue weighted by Gasteiger charge is -2.24. The summed E-state index contributed by atoms with van der Waals surface area (Å²) < 4.78 is 45.9. The van der Waals surface area contributed by atoms with E-state index in [0.717, 1.165) is 16.5 Å². The van der Waals surface area contributed by atoms with Crippen LogP contribution in [0.1, 0.15) is 11.1 Å². The molecule has 0 saturated carbocycles. The molecule has 0 radical (unpaired) electrons. The number of aryl methyl sites for hydroxylation is 1. The van der Waals surface area contributed by atoms with E-state index >= 15 is 0 Å². The summed E-state index contributed by atoms with van der Waals surface area (Å²) in [6.07, 6.45) is -2.75. The van der Waals surface area contributed by atoms with Gasteiger partial charge in [-0.2, -0.15) is 13.2 Å². The van der Waals surface area contributed by atoms with Crippen LogP contribution in [-0.4, -0.2) is 30.9 Å². The van der Waals surface area contributed by atoms with E-state index < -0.39 is 12.2 Å². The molecule has 0 bridgehead atoms. The van der Waals surface area contributed by atoms with Gasteiger partial charge >= 0.3 is 6.18 Å². The molecule has 1 unspecified atom stereocenters. The van der Waals surface area contributed by atoms with E-state index in [1.165, 1.54) is 7.11 Å². The summed E-state index contributed by atoms with van der Waals surface area (Å²) in [5.74, 6) is 0.579. The second-order valence-corrected chi connectivity index (χ2v) is 6.51. The quantitative estimate of drug-likeness (QED) is 0.616. The van der Waals surface area contributed by atoms with E-state index in [-0.39, 0.29) is 13.1 Å². The van der Waals surface area contributed by atoms with Crippen LogP contribution < -0.4 is 15.4 Å². The lowest BCUT2D eigenvalue weighted by atomic mass is 10.1. The summed E-state index contributed by atoms with van der Waals surface area (Å²) in [6, 6.07) is 12.7. The third kappa shape index (κ3) is 4.54. The summed E-state index contributed by atoms with van der Waals surface area (Å²) >= 11 is 0. The van der Waals surface area contributed by atoms with Crippen molar-refractivity contribution in [2.45, 2.75) is 25.7 Å². The fourth-order valence-electron chi connectivity index (χ4n) is 3.04. The molecule has 1 atom stereocenters. The Balaban J connectivity index is 1.80. The Morgan fingerprint density at radius 2 is 1.82 bits per heavy atom. The fourth-order valence-corrected chi connectivity index (χ4v) is 3.04. The van der Waals surface area contributed by atoms with Crippen LogP contribution in [0.25, 0.3) is 10.9 Å². The Morgan fingerprint density at radius 1 is 1.07 bits per heavy atom. The molecule has 0 amide bonds. The number of nitrogens with one attached hydrogen (secondary N) is 2. The monoisotopic (exact) mass is 389 g/mol. The first-order valence-electron chi connectivity index (χ1n) is 8.90. The Hall–Kier alpha value is -2.80. The smallest absolute Gasteiger partial charge is 0.405 e. The second kappa shape index (κ2) is 8.48. The van der Waals surface area contributed by atoms with Crippen molar-refractivity contribution in [1.82, 2.24) is 10.3 Å². The van der Waals surface area contributed by atoms with Gasteiger partial charge in [-0.1, -0.05) is 42.5 Å². The summed E-state index contributed by atoms with van der Waals surface area (Å²) in [4.78, 5) is 4.36.